The highest BCUT2D eigenvalue weighted by atomic mass is 16.7. The zero-order chi connectivity index (χ0) is 12.1. The molecule has 1 spiro atoms. The van der Waals surface area contributed by atoms with E-state index in [1.807, 2.05) is 0 Å². The minimum Gasteiger partial charge on any atom is -0.370 e. The number of primary amides is 1. The Morgan fingerprint density at radius 1 is 1.29 bits per heavy atom. The Morgan fingerprint density at radius 3 is 2.53 bits per heavy atom. The number of carbonyl (C=O) groups is 1. The number of amides is 1. The van der Waals surface area contributed by atoms with Crippen LogP contribution in [0, 0.1) is 0 Å². The topological polar surface area (TPSA) is 73.6 Å². The average Bonchev–Trinajstić information content (AvgIpc) is 2.75. The number of nitrogens with one attached hydrogen (secondary N) is 1. The number of nitrogens with two attached hydrogens (primary N) is 1. The Bertz CT molecular complexity index is 254. The maximum absolute atomic E-state index is 10.6. The van der Waals surface area contributed by atoms with Gasteiger partial charge >= 0.3 is 0 Å². The fraction of sp³-hybridized carbons (Fsp3) is 0.917. The monoisotopic (exact) mass is 242 g/mol. The van der Waals surface area contributed by atoms with Crippen LogP contribution in [0.2, 0.25) is 0 Å². The second-order valence-corrected chi connectivity index (χ2v) is 4.91. The van der Waals surface area contributed by atoms with Crippen molar-refractivity contribution in [3.63, 3.8) is 0 Å². The van der Waals surface area contributed by atoms with E-state index in [2.05, 4.69) is 5.32 Å². The number of hydrogen-bond donors (Lipinski definition) is 2. The molecule has 0 aromatic heterocycles. The van der Waals surface area contributed by atoms with E-state index in [0.717, 1.165) is 51.9 Å². The molecule has 0 radical (unpaired) electrons. The van der Waals surface area contributed by atoms with Crippen molar-refractivity contribution in [2.45, 2.75) is 50.4 Å². The van der Waals surface area contributed by atoms with E-state index in [1.54, 1.807) is 0 Å². The third-order valence-electron chi connectivity index (χ3n) is 3.59. The molecule has 2 rings (SSSR count). The molecule has 0 aromatic rings. The van der Waals surface area contributed by atoms with Gasteiger partial charge in [0.1, 0.15) is 0 Å². The van der Waals surface area contributed by atoms with Crippen LogP contribution in [0.5, 0.6) is 0 Å². The summed E-state index contributed by atoms with van der Waals surface area (Å²) in [5, 5.41) is 3.46. The van der Waals surface area contributed by atoms with Crippen LogP contribution >= 0.6 is 0 Å². The quantitative estimate of drug-likeness (QED) is 0.690. The average molecular weight is 242 g/mol. The standard InChI is InChI=1S/C12H22N2O3/c13-11(15)2-1-7-14-10-3-5-12(6-4-10)16-8-9-17-12/h10,14H,1-9H2,(H2,13,15). The third kappa shape index (κ3) is 3.66. The lowest BCUT2D eigenvalue weighted by Crippen LogP contribution is -2.42. The van der Waals surface area contributed by atoms with Gasteiger partial charge in [-0.05, 0) is 25.8 Å². The van der Waals surface area contributed by atoms with Crippen molar-refractivity contribution in [1.82, 2.24) is 5.32 Å². The smallest absolute Gasteiger partial charge is 0.217 e. The van der Waals surface area contributed by atoms with Crippen LogP contribution in [-0.4, -0.2) is 37.5 Å². The van der Waals surface area contributed by atoms with Gasteiger partial charge in [-0.25, -0.2) is 0 Å². The van der Waals surface area contributed by atoms with Crippen LogP contribution in [0.4, 0.5) is 0 Å². The summed E-state index contributed by atoms with van der Waals surface area (Å²) in [6.07, 6.45) is 5.40. The van der Waals surface area contributed by atoms with Crippen molar-refractivity contribution in [2.24, 2.45) is 5.73 Å². The molecule has 0 atom stereocenters. The van der Waals surface area contributed by atoms with E-state index in [9.17, 15) is 4.79 Å². The Hall–Kier alpha value is -0.650. The number of rotatable bonds is 5. The summed E-state index contributed by atoms with van der Waals surface area (Å²) in [5.74, 6) is -0.493. The minimum absolute atomic E-state index is 0.220. The summed E-state index contributed by atoms with van der Waals surface area (Å²) in [7, 11) is 0. The zero-order valence-corrected chi connectivity index (χ0v) is 10.2. The van der Waals surface area contributed by atoms with Gasteiger partial charge in [0, 0.05) is 25.3 Å². The highest BCUT2D eigenvalue weighted by molar-refractivity contribution is 5.73. The number of carbonyl (C=O) groups excluding carboxylic acids is 1. The fourth-order valence-electron chi connectivity index (χ4n) is 2.62. The summed E-state index contributed by atoms with van der Waals surface area (Å²) in [5.41, 5.74) is 5.09. The molecule has 1 heterocycles. The predicted molar refractivity (Wildman–Crippen MR) is 63.3 cm³/mol. The van der Waals surface area contributed by atoms with E-state index < -0.39 is 0 Å². The van der Waals surface area contributed by atoms with Gasteiger partial charge in [-0.1, -0.05) is 0 Å². The molecule has 98 valence electrons. The normalized spacial score (nSPS) is 24.2. The SMILES string of the molecule is NC(=O)CCCNC1CCC2(CC1)OCCO2. The molecule has 3 N–H and O–H groups in total. The first-order valence-corrected chi connectivity index (χ1v) is 6.50. The largest absolute Gasteiger partial charge is 0.370 e. The van der Waals surface area contributed by atoms with E-state index in [-0.39, 0.29) is 11.7 Å². The molecule has 2 aliphatic rings. The molecule has 1 saturated heterocycles. The highest BCUT2D eigenvalue weighted by Gasteiger charge is 2.39. The lowest BCUT2D eigenvalue weighted by molar-refractivity contribution is -0.179. The van der Waals surface area contributed by atoms with Crippen LogP contribution in [0.25, 0.3) is 0 Å². The first-order chi connectivity index (χ1) is 8.20. The van der Waals surface area contributed by atoms with Crippen LogP contribution in [-0.2, 0) is 14.3 Å². The molecule has 1 aliphatic carbocycles. The van der Waals surface area contributed by atoms with E-state index in [4.69, 9.17) is 15.2 Å². The molecule has 0 bridgehead atoms. The summed E-state index contributed by atoms with van der Waals surface area (Å²) in [4.78, 5) is 10.6. The van der Waals surface area contributed by atoms with E-state index in [1.165, 1.54) is 0 Å². The van der Waals surface area contributed by atoms with Gasteiger partial charge < -0.3 is 20.5 Å². The highest BCUT2D eigenvalue weighted by Crippen LogP contribution is 2.35. The molecule has 5 nitrogen and oxygen atoms in total. The van der Waals surface area contributed by atoms with Gasteiger partial charge in [0.15, 0.2) is 5.79 Å². The third-order valence-corrected chi connectivity index (χ3v) is 3.59. The molecular weight excluding hydrogens is 220 g/mol. The van der Waals surface area contributed by atoms with Gasteiger partial charge in [0.25, 0.3) is 0 Å². The first kappa shape index (κ1) is 12.8. The molecule has 0 unspecified atom stereocenters. The summed E-state index contributed by atoms with van der Waals surface area (Å²) >= 11 is 0. The van der Waals surface area contributed by atoms with Crippen LogP contribution < -0.4 is 11.1 Å². The van der Waals surface area contributed by atoms with Gasteiger partial charge in [-0.3, -0.25) is 4.79 Å². The van der Waals surface area contributed by atoms with Gasteiger partial charge in [0.2, 0.25) is 5.91 Å². The summed E-state index contributed by atoms with van der Waals surface area (Å²) in [6, 6.07) is 0.529. The van der Waals surface area contributed by atoms with Crippen molar-refractivity contribution in [2.75, 3.05) is 19.8 Å². The van der Waals surface area contributed by atoms with Crippen molar-refractivity contribution in [1.29, 1.82) is 0 Å². The minimum atomic E-state index is -0.272. The number of ether oxygens (including phenoxy) is 2. The molecular formula is C12H22N2O3. The van der Waals surface area contributed by atoms with Crippen LogP contribution in [0.15, 0.2) is 0 Å². The Labute approximate surface area is 102 Å². The van der Waals surface area contributed by atoms with Crippen molar-refractivity contribution < 1.29 is 14.3 Å². The van der Waals surface area contributed by atoms with Gasteiger partial charge in [-0.2, -0.15) is 0 Å². The van der Waals surface area contributed by atoms with E-state index >= 15 is 0 Å². The molecule has 0 aromatic carbocycles. The Balaban J connectivity index is 1.60. The summed E-state index contributed by atoms with van der Waals surface area (Å²) in [6.45, 7) is 2.33. The van der Waals surface area contributed by atoms with E-state index in [0.29, 0.717) is 12.5 Å². The second kappa shape index (κ2) is 5.80. The van der Waals surface area contributed by atoms with Crippen molar-refractivity contribution in [3.05, 3.63) is 0 Å². The van der Waals surface area contributed by atoms with Gasteiger partial charge in [0.05, 0.1) is 13.2 Å². The van der Waals surface area contributed by atoms with Gasteiger partial charge in [-0.15, -0.1) is 0 Å². The van der Waals surface area contributed by atoms with Crippen LogP contribution in [0.1, 0.15) is 38.5 Å². The molecule has 17 heavy (non-hydrogen) atoms. The Morgan fingerprint density at radius 2 is 1.94 bits per heavy atom. The van der Waals surface area contributed by atoms with Crippen molar-refractivity contribution in [3.8, 4) is 0 Å². The first-order valence-electron chi connectivity index (χ1n) is 6.50. The zero-order valence-electron chi connectivity index (χ0n) is 10.2. The second-order valence-electron chi connectivity index (χ2n) is 4.91. The molecule has 1 aliphatic heterocycles. The molecule has 5 heteroatoms. The number of hydrogen-bond acceptors (Lipinski definition) is 4. The van der Waals surface area contributed by atoms with Crippen molar-refractivity contribution >= 4 is 5.91 Å². The summed E-state index contributed by atoms with van der Waals surface area (Å²) < 4.78 is 11.4. The lowest BCUT2D eigenvalue weighted by atomic mass is 9.90. The Kier molecular flexibility index (Phi) is 4.36. The fourth-order valence-corrected chi connectivity index (χ4v) is 2.62. The molecule has 1 amide bonds. The lowest BCUT2D eigenvalue weighted by Gasteiger charge is -2.35. The van der Waals surface area contributed by atoms with Crippen LogP contribution in [0.3, 0.4) is 0 Å². The molecule has 1 saturated carbocycles. The molecule has 2 fully saturated rings. The maximum atomic E-state index is 10.6. The predicted octanol–water partition coefficient (Wildman–Crippen LogP) is 0.527. The maximum Gasteiger partial charge on any atom is 0.217 e.